The predicted molar refractivity (Wildman–Crippen MR) is 79.3 cm³/mol. The van der Waals surface area contributed by atoms with Gasteiger partial charge in [0, 0.05) is 32.0 Å². The first kappa shape index (κ1) is 13.1. The monoisotopic (exact) mass is 257 g/mol. The van der Waals surface area contributed by atoms with E-state index < -0.39 is 0 Å². The molecule has 0 aliphatic rings. The molecule has 0 saturated heterocycles. The molecule has 0 aliphatic heterocycles. The third-order valence-corrected chi connectivity index (χ3v) is 2.83. The van der Waals surface area contributed by atoms with Gasteiger partial charge in [0.15, 0.2) is 0 Å². The zero-order valence-electron chi connectivity index (χ0n) is 11.1. The summed E-state index contributed by atoms with van der Waals surface area (Å²) in [6.45, 7) is 1.79. The third kappa shape index (κ3) is 4.13. The van der Waals surface area contributed by atoms with E-state index in [1.807, 2.05) is 18.2 Å². The normalized spacial score (nSPS) is 10.2. The molecule has 5 heteroatoms. The number of benzene rings is 1. The molecule has 2 aromatic rings. The van der Waals surface area contributed by atoms with Crippen LogP contribution in [-0.2, 0) is 0 Å². The average molecular weight is 257 g/mol. The Kier molecular flexibility index (Phi) is 4.55. The van der Waals surface area contributed by atoms with Crippen LogP contribution in [0.4, 0.5) is 17.5 Å². The fraction of sp³-hybridized carbons (Fsp3) is 0.286. The van der Waals surface area contributed by atoms with Crippen LogP contribution in [0, 0.1) is 0 Å². The Morgan fingerprint density at radius 1 is 1.21 bits per heavy atom. The highest BCUT2D eigenvalue weighted by atomic mass is 15.1. The van der Waals surface area contributed by atoms with Gasteiger partial charge in [-0.2, -0.15) is 4.98 Å². The number of para-hydroxylation sites is 1. The fourth-order valence-corrected chi connectivity index (χ4v) is 1.79. The molecular formula is C14H19N5. The molecule has 5 nitrogen and oxygen atoms in total. The summed E-state index contributed by atoms with van der Waals surface area (Å²) in [6, 6.07) is 12.0. The molecular weight excluding hydrogens is 238 g/mol. The van der Waals surface area contributed by atoms with Crippen molar-refractivity contribution in [1.82, 2.24) is 9.97 Å². The minimum absolute atomic E-state index is 0.485. The highest BCUT2D eigenvalue weighted by Gasteiger charge is 2.00. The van der Waals surface area contributed by atoms with Crippen LogP contribution < -0.4 is 16.0 Å². The van der Waals surface area contributed by atoms with E-state index in [-0.39, 0.29) is 0 Å². The largest absolute Gasteiger partial charge is 0.384 e. The molecule has 0 bridgehead atoms. The van der Waals surface area contributed by atoms with Crippen molar-refractivity contribution < 1.29 is 0 Å². The van der Waals surface area contributed by atoms with E-state index >= 15 is 0 Å². The van der Waals surface area contributed by atoms with Crippen LogP contribution in [0.15, 0.2) is 42.6 Å². The van der Waals surface area contributed by atoms with Gasteiger partial charge in [-0.15, -0.1) is 0 Å². The average Bonchev–Trinajstić information content (AvgIpc) is 2.44. The topological polar surface area (TPSA) is 67.1 Å². The van der Waals surface area contributed by atoms with Gasteiger partial charge in [-0.25, -0.2) is 4.98 Å². The first-order valence-corrected chi connectivity index (χ1v) is 6.34. The first-order valence-electron chi connectivity index (χ1n) is 6.34. The van der Waals surface area contributed by atoms with E-state index in [0.29, 0.717) is 11.8 Å². The Hall–Kier alpha value is -2.30. The Morgan fingerprint density at radius 2 is 2.00 bits per heavy atom. The maximum atomic E-state index is 5.59. The Bertz CT molecular complexity index is 500. The molecule has 1 aromatic heterocycles. The van der Waals surface area contributed by atoms with Gasteiger partial charge < -0.3 is 16.0 Å². The van der Waals surface area contributed by atoms with Crippen LogP contribution >= 0.6 is 0 Å². The van der Waals surface area contributed by atoms with Gasteiger partial charge in [0.05, 0.1) is 0 Å². The van der Waals surface area contributed by atoms with Gasteiger partial charge >= 0.3 is 0 Å². The van der Waals surface area contributed by atoms with Gasteiger partial charge in [-0.3, -0.25) is 0 Å². The molecule has 1 heterocycles. The molecule has 0 aliphatic carbocycles. The van der Waals surface area contributed by atoms with Gasteiger partial charge in [0.1, 0.15) is 5.82 Å². The summed E-state index contributed by atoms with van der Waals surface area (Å²) in [4.78, 5) is 10.4. The highest BCUT2D eigenvalue weighted by Crippen LogP contribution is 2.11. The number of rotatable bonds is 6. The number of aromatic nitrogens is 2. The van der Waals surface area contributed by atoms with Gasteiger partial charge in [-0.1, -0.05) is 18.2 Å². The molecule has 0 fully saturated rings. The number of nitrogens with zero attached hydrogens (tertiary/aromatic N) is 3. The fourth-order valence-electron chi connectivity index (χ4n) is 1.79. The Labute approximate surface area is 113 Å². The second kappa shape index (κ2) is 6.58. The van der Waals surface area contributed by atoms with Crippen LogP contribution in [0.1, 0.15) is 6.42 Å². The number of anilines is 3. The van der Waals surface area contributed by atoms with Crippen molar-refractivity contribution in [3.05, 3.63) is 42.6 Å². The first-order chi connectivity index (χ1) is 9.25. The van der Waals surface area contributed by atoms with E-state index in [1.54, 1.807) is 12.3 Å². The molecule has 100 valence electrons. The molecule has 0 spiro atoms. The van der Waals surface area contributed by atoms with Crippen molar-refractivity contribution in [3.8, 4) is 0 Å². The Balaban J connectivity index is 1.72. The molecule has 0 saturated carbocycles. The lowest BCUT2D eigenvalue weighted by Crippen LogP contribution is -2.21. The van der Waals surface area contributed by atoms with Crippen molar-refractivity contribution >= 4 is 17.5 Å². The number of nitrogen functional groups attached to an aromatic ring is 1. The maximum Gasteiger partial charge on any atom is 0.224 e. The van der Waals surface area contributed by atoms with Gasteiger partial charge in [0.2, 0.25) is 5.95 Å². The standard InChI is InChI=1S/C14H19N5/c1-19(12-6-3-2-4-7-12)11-5-9-16-14-17-10-8-13(15)18-14/h2-4,6-8,10H,5,9,11H2,1H3,(H3,15,16,17,18). The lowest BCUT2D eigenvalue weighted by atomic mass is 10.3. The van der Waals surface area contributed by atoms with Gasteiger partial charge in [0.25, 0.3) is 0 Å². The lowest BCUT2D eigenvalue weighted by molar-refractivity contribution is 0.811. The van der Waals surface area contributed by atoms with Crippen molar-refractivity contribution in [2.45, 2.75) is 6.42 Å². The summed E-state index contributed by atoms with van der Waals surface area (Å²) in [7, 11) is 2.09. The second-order valence-electron chi connectivity index (χ2n) is 4.34. The third-order valence-electron chi connectivity index (χ3n) is 2.83. The van der Waals surface area contributed by atoms with E-state index in [4.69, 9.17) is 5.73 Å². The molecule has 19 heavy (non-hydrogen) atoms. The molecule has 0 unspecified atom stereocenters. The summed E-state index contributed by atoms with van der Waals surface area (Å²) >= 11 is 0. The zero-order valence-corrected chi connectivity index (χ0v) is 11.1. The predicted octanol–water partition coefficient (Wildman–Crippen LogP) is 2.00. The Morgan fingerprint density at radius 3 is 2.74 bits per heavy atom. The van der Waals surface area contributed by atoms with Crippen molar-refractivity contribution in [3.63, 3.8) is 0 Å². The highest BCUT2D eigenvalue weighted by molar-refractivity contribution is 5.44. The smallest absolute Gasteiger partial charge is 0.224 e. The summed E-state index contributed by atoms with van der Waals surface area (Å²) in [6.07, 6.45) is 2.66. The molecule has 0 atom stereocenters. The number of hydrogen-bond donors (Lipinski definition) is 2. The number of hydrogen-bond acceptors (Lipinski definition) is 5. The molecule has 0 radical (unpaired) electrons. The van der Waals surface area contributed by atoms with Gasteiger partial charge in [-0.05, 0) is 24.6 Å². The molecule has 1 aromatic carbocycles. The quantitative estimate of drug-likeness (QED) is 0.775. The lowest BCUT2D eigenvalue weighted by Gasteiger charge is -2.19. The van der Waals surface area contributed by atoms with Crippen LogP contribution in [-0.4, -0.2) is 30.1 Å². The summed E-state index contributed by atoms with van der Waals surface area (Å²) in [5.41, 5.74) is 6.81. The van der Waals surface area contributed by atoms with E-state index in [1.165, 1.54) is 5.69 Å². The number of nitrogens with two attached hydrogens (primary N) is 1. The summed E-state index contributed by atoms with van der Waals surface area (Å²) in [5, 5.41) is 3.16. The number of nitrogens with one attached hydrogen (secondary N) is 1. The molecule has 2 rings (SSSR count). The van der Waals surface area contributed by atoms with Crippen LogP contribution in [0.2, 0.25) is 0 Å². The zero-order chi connectivity index (χ0) is 13.5. The van der Waals surface area contributed by atoms with Crippen LogP contribution in [0.3, 0.4) is 0 Å². The SMILES string of the molecule is CN(CCCNc1nccc(N)n1)c1ccccc1. The summed E-state index contributed by atoms with van der Waals surface area (Å²) < 4.78 is 0. The van der Waals surface area contributed by atoms with E-state index in [0.717, 1.165) is 19.5 Å². The minimum Gasteiger partial charge on any atom is -0.384 e. The van der Waals surface area contributed by atoms with E-state index in [9.17, 15) is 0 Å². The minimum atomic E-state index is 0.485. The van der Waals surface area contributed by atoms with E-state index in [2.05, 4.69) is 39.4 Å². The van der Waals surface area contributed by atoms with Crippen molar-refractivity contribution in [2.75, 3.05) is 36.1 Å². The maximum absolute atomic E-state index is 5.59. The summed E-state index contributed by atoms with van der Waals surface area (Å²) in [5.74, 6) is 1.07. The molecule has 0 amide bonds. The second-order valence-corrected chi connectivity index (χ2v) is 4.34. The van der Waals surface area contributed by atoms with Crippen LogP contribution in [0.25, 0.3) is 0 Å². The van der Waals surface area contributed by atoms with Crippen molar-refractivity contribution in [1.29, 1.82) is 0 Å². The van der Waals surface area contributed by atoms with Crippen LogP contribution in [0.5, 0.6) is 0 Å². The molecule has 3 N–H and O–H groups in total. The van der Waals surface area contributed by atoms with Crippen molar-refractivity contribution in [2.24, 2.45) is 0 Å².